The van der Waals surface area contributed by atoms with Crippen LogP contribution >= 0.6 is 0 Å². The second kappa shape index (κ2) is 8.43. The number of nitrogens with two attached hydrogens (primary N) is 1. The third-order valence-electron chi connectivity index (χ3n) is 5.45. The second-order valence-electron chi connectivity index (χ2n) is 7.36. The molecule has 1 fully saturated rings. The van der Waals surface area contributed by atoms with Gasteiger partial charge in [-0.25, -0.2) is 13.4 Å². The van der Waals surface area contributed by atoms with E-state index in [0.717, 1.165) is 26.2 Å². The highest BCUT2D eigenvalue weighted by Crippen LogP contribution is 2.28. The molecule has 162 valence electrons. The summed E-state index contributed by atoms with van der Waals surface area (Å²) in [4.78, 5) is 13.0. The zero-order valence-corrected chi connectivity index (χ0v) is 18.3. The fourth-order valence-corrected chi connectivity index (χ4v) is 4.94. The molecule has 0 spiro atoms. The maximum absolute atomic E-state index is 13.0. The first-order valence-electron chi connectivity index (χ1n) is 9.97. The van der Waals surface area contributed by atoms with Gasteiger partial charge in [-0.05, 0) is 42.8 Å². The van der Waals surface area contributed by atoms with Crippen molar-refractivity contribution in [1.82, 2.24) is 9.97 Å². The Morgan fingerprint density at radius 1 is 0.968 bits per heavy atom. The molecule has 0 unspecified atom stereocenters. The summed E-state index contributed by atoms with van der Waals surface area (Å²) in [5.74, 6) is 0.959. The number of ether oxygens (including phenoxy) is 1. The van der Waals surface area contributed by atoms with Crippen molar-refractivity contribution in [3.8, 4) is 5.75 Å². The number of piperazine rings is 1. The lowest BCUT2D eigenvalue weighted by molar-refractivity contribution is 0.414. The first-order chi connectivity index (χ1) is 14.9. The number of hydrogen-bond acceptors (Lipinski definition) is 8. The summed E-state index contributed by atoms with van der Waals surface area (Å²) in [6.07, 6.45) is 1.30. The Kier molecular flexibility index (Phi) is 5.69. The molecule has 9 heteroatoms. The molecule has 0 saturated carbocycles. The Balaban J connectivity index is 1.51. The van der Waals surface area contributed by atoms with Crippen molar-refractivity contribution in [3.63, 3.8) is 0 Å². The predicted octanol–water partition coefficient (Wildman–Crippen LogP) is 2.54. The summed E-state index contributed by atoms with van der Waals surface area (Å²) < 4.78 is 31.0. The molecule has 2 N–H and O–H groups in total. The quantitative estimate of drug-likeness (QED) is 0.647. The zero-order chi connectivity index (χ0) is 22.0. The molecule has 3 aromatic rings. The van der Waals surface area contributed by atoms with Crippen LogP contribution in [-0.2, 0) is 9.84 Å². The fraction of sp³-hybridized carbons (Fsp3) is 0.273. The van der Waals surface area contributed by atoms with Gasteiger partial charge >= 0.3 is 0 Å². The minimum Gasteiger partial charge on any atom is -0.497 e. The van der Waals surface area contributed by atoms with E-state index in [9.17, 15) is 8.42 Å². The Morgan fingerprint density at radius 2 is 1.61 bits per heavy atom. The van der Waals surface area contributed by atoms with Gasteiger partial charge in [0, 0.05) is 31.9 Å². The average Bonchev–Trinajstić information content (AvgIpc) is 2.79. The molecule has 1 aromatic heterocycles. The van der Waals surface area contributed by atoms with Crippen LogP contribution in [0, 0.1) is 6.92 Å². The van der Waals surface area contributed by atoms with Gasteiger partial charge in [-0.3, -0.25) is 0 Å². The lowest BCUT2D eigenvalue weighted by atomic mass is 10.1. The topological polar surface area (TPSA) is 102 Å². The summed E-state index contributed by atoms with van der Waals surface area (Å²) >= 11 is 0. The monoisotopic (exact) mass is 439 g/mol. The number of hydrogen-bond donors (Lipinski definition) is 1. The van der Waals surface area contributed by atoms with E-state index < -0.39 is 9.84 Å². The van der Waals surface area contributed by atoms with Crippen LogP contribution in [0.4, 0.5) is 17.5 Å². The van der Waals surface area contributed by atoms with Gasteiger partial charge in [-0.2, -0.15) is 4.98 Å². The van der Waals surface area contributed by atoms with E-state index in [4.69, 9.17) is 10.5 Å². The Bertz CT molecular complexity index is 1170. The third-order valence-corrected chi connectivity index (χ3v) is 7.23. The number of benzene rings is 2. The molecule has 4 rings (SSSR count). The maximum atomic E-state index is 13.0. The SMILES string of the molecule is COc1ccc(S(=O)(=O)c2cnc(N3CCN(c4ccccc4C)CC3)nc2N)cc1. The summed E-state index contributed by atoms with van der Waals surface area (Å²) in [5, 5.41) is 0. The van der Waals surface area contributed by atoms with Crippen molar-refractivity contribution in [3.05, 3.63) is 60.3 Å². The molecule has 0 radical (unpaired) electrons. The molecule has 1 aliphatic heterocycles. The normalized spacial score (nSPS) is 14.5. The van der Waals surface area contributed by atoms with Crippen LogP contribution in [0.15, 0.2) is 64.5 Å². The second-order valence-corrected chi connectivity index (χ2v) is 9.28. The van der Waals surface area contributed by atoms with E-state index in [1.54, 1.807) is 12.1 Å². The van der Waals surface area contributed by atoms with Crippen LogP contribution in [0.1, 0.15) is 5.56 Å². The molecule has 31 heavy (non-hydrogen) atoms. The van der Waals surface area contributed by atoms with Crippen LogP contribution in [0.2, 0.25) is 0 Å². The van der Waals surface area contributed by atoms with Crippen LogP contribution in [-0.4, -0.2) is 51.7 Å². The maximum Gasteiger partial charge on any atom is 0.227 e. The first-order valence-corrected chi connectivity index (χ1v) is 11.5. The summed E-state index contributed by atoms with van der Waals surface area (Å²) in [5.41, 5.74) is 8.52. The number of anilines is 3. The van der Waals surface area contributed by atoms with Crippen molar-refractivity contribution in [2.24, 2.45) is 0 Å². The molecule has 2 aromatic carbocycles. The lowest BCUT2D eigenvalue weighted by Crippen LogP contribution is -2.47. The molecule has 0 atom stereocenters. The minimum atomic E-state index is -3.82. The van der Waals surface area contributed by atoms with Gasteiger partial charge in [-0.1, -0.05) is 18.2 Å². The van der Waals surface area contributed by atoms with E-state index in [0.29, 0.717) is 11.7 Å². The Morgan fingerprint density at radius 3 is 2.23 bits per heavy atom. The largest absolute Gasteiger partial charge is 0.497 e. The number of nitrogens with zero attached hydrogens (tertiary/aromatic N) is 4. The Hall–Kier alpha value is -3.33. The van der Waals surface area contributed by atoms with Crippen molar-refractivity contribution in [2.75, 3.05) is 48.8 Å². The van der Waals surface area contributed by atoms with Gasteiger partial charge in [0.1, 0.15) is 16.5 Å². The van der Waals surface area contributed by atoms with Gasteiger partial charge in [0.25, 0.3) is 0 Å². The number of methoxy groups -OCH3 is 1. The van der Waals surface area contributed by atoms with Crippen molar-refractivity contribution >= 4 is 27.3 Å². The molecular formula is C22H25N5O3S. The third kappa shape index (κ3) is 4.13. The molecule has 2 heterocycles. The summed E-state index contributed by atoms with van der Waals surface area (Å²) in [7, 11) is -2.30. The van der Waals surface area contributed by atoms with Crippen molar-refractivity contribution in [1.29, 1.82) is 0 Å². The molecule has 1 aliphatic rings. The summed E-state index contributed by atoms with van der Waals surface area (Å²) in [6.45, 7) is 5.18. The van der Waals surface area contributed by atoms with Gasteiger partial charge < -0.3 is 20.3 Å². The number of rotatable bonds is 5. The molecule has 0 bridgehead atoms. The Labute approximate surface area is 182 Å². The summed E-state index contributed by atoms with van der Waals surface area (Å²) in [6, 6.07) is 14.4. The molecule has 0 amide bonds. The molecule has 8 nitrogen and oxygen atoms in total. The van der Waals surface area contributed by atoms with Gasteiger partial charge in [0.2, 0.25) is 15.8 Å². The first kappa shape index (κ1) is 20.9. The van der Waals surface area contributed by atoms with Gasteiger partial charge in [-0.15, -0.1) is 0 Å². The predicted molar refractivity (Wildman–Crippen MR) is 120 cm³/mol. The van der Waals surface area contributed by atoms with E-state index >= 15 is 0 Å². The fourth-order valence-electron chi connectivity index (χ4n) is 3.68. The number of aryl methyl sites for hydroxylation is 1. The highest BCUT2D eigenvalue weighted by molar-refractivity contribution is 7.91. The van der Waals surface area contributed by atoms with E-state index in [2.05, 4.69) is 33.9 Å². The van der Waals surface area contributed by atoms with Crippen molar-refractivity contribution < 1.29 is 13.2 Å². The van der Waals surface area contributed by atoms with Crippen molar-refractivity contribution in [2.45, 2.75) is 16.7 Å². The number of sulfone groups is 1. The standard InChI is InChI=1S/C22H25N5O3S/c1-16-5-3-4-6-19(16)26-11-13-27(14-12-26)22-24-15-20(21(23)25-22)31(28,29)18-9-7-17(30-2)8-10-18/h3-10,15H,11-14H2,1-2H3,(H2,23,24,25). The van der Waals surface area contributed by atoms with E-state index in [1.807, 2.05) is 17.0 Å². The molecular weight excluding hydrogens is 414 g/mol. The average molecular weight is 440 g/mol. The highest BCUT2D eigenvalue weighted by Gasteiger charge is 2.25. The van der Waals surface area contributed by atoms with E-state index in [1.165, 1.54) is 36.7 Å². The van der Waals surface area contributed by atoms with Gasteiger partial charge in [0.05, 0.1) is 18.2 Å². The van der Waals surface area contributed by atoms with Crippen LogP contribution < -0.4 is 20.3 Å². The number of nitrogen functional groups attached to an aromatic ring is 1. The zero-order valence-electron chi connectivity index (χ0n) is 17.5. The number of para-hydroxylation sites is 1. The smallest absolute Gasteiger partial charge is 0.227 e. The highest BCUT2D eigenvalue weighted by atomic mass is 32.2. The lowest BCUT2D eigenvalue weighted by Gasteiger charge is -2.36. The van der Waals surface area contributed by atoms with Gasteiger partial charge in [0.15, 0.2) is 0 Å². The van der Waals surface area contributed by atoms with Crippen LogP contribution in [0.3, 0.4) is 0 Å². The van der Waals surface area contributed by atoms with Crippen LogP contribution in [0.25, 0.3) is 0 Å². The minimum absolute atomic E-state index is 0.0536. The molecule has 0 aliphatic carbocycles. The van der Waals surface area contributed by atoms with E-state index in [-0.39, 0.29) is 15.6 Å². The molecule has 1 saturated heterocycles. The number of aromatic nitrogens is 2. The van der Waals surface area contributed by atoms with Crippen LogP contribution in [0.5, 0.6) is 5.75 Å².